The fourth-order valence-corrected chi connectivity index (χ4v) is 2.68. The minimum Gasteiger partial charge on any atom is -0.404 e. The van der Waals surface area contributed by atoms with Gasteiger partial charge in [0.15, 0.2) is 24.4 Å². The van der Waals surface area contributed by atoms with Crippen molar-refractivity contribution in [3.8, 4) is 0 Å². The number of rotatable bonds is 7. The zero-order valence-corrected chi connectivity index (χ0v) is 15.0. The lowest BCUT2D eigenvalue weighted by Crippen LogP contribution is -2.53. The van der Waals surface area contributed by atoms with Gasteiger partial charge in [0.25, 0.3) is 0 Å². The van der Waals surface area contributed by atoms with Gasteiger partial charge in [-0.05, 0) is 0 Å². The van der Waals surface area contributed by atoms with Gasteiger partial charge < -0.3 is 70.0 Å². The SMILES string of the molecule is O=C(OC1(O)O[C@H](CO)[C@@H](O)[C@H]1O)C(O)C(O)C(=O)OC1(O)O[C@H](CO)[C@@H](O)[C@H]1O. The van der Waals surface area contributed by atoms with Crippen LogP contribution in [0.1, 0.15) is 0 Å². The molecule has 0 radical (unpaired) electrons. The molecule has 2 rings (SSSR count). The number of aliphatic hydroxyl groups is 10. The van der Waals surface area contributed by atoms with Crippen LogP contribution in [0.15, 0.2) is 0 Å². The average molecular weight is 446 g/mol. The molecule has 0 amide bonds. The van der Waals surface area contributed by atoms with Crippen molar-refractivity contribution in [3.05, 3.63) is 0 Å². The van der Waals surface area contributed by atoms with Gasteiger partial charge in [-0.15, -0.1) is 0 Å². The van der Waals surface area contributed by atoms with Gasteiger partial charge >= 0.3 is 23.9 Å². The summed E-state index contributed by atoms with van der Waals surface area (Å²) in [7, 11) is 0. The molecule has 174 valence electrons. The van der Waals surface area contributed by atoms with Gasteiger partial charge in [-0.25, -0.2) is 9.59 Å². The predicted octanol–water partition coefficient (Wildman–Crippen LogP) is -7.69. The largest absolute Gasteiger partial charge is 0.404 e. The van der Waals surface area contributed by atoms with E-state index in [1.165, 1.54) is 0 Å². The first kappa shape index (κ1) is 24.7. The molecule has 2 aliphatic rings. The molecule has 30 heavy (non-hydrogen) atoms. The van der Waals surface area contributed by atoms with Gasteiger partial charge in [0, 0.05) is 0 Å². The van der Waals surface area contributed by atoms with Crippen LogP contribution in [-0.4, -0.2) is 137 Å². The molecule has 4 unspecified atom stereocenters. The van der Waals surface area contributed by atoms with Crippen LogP contribution in [0.4, 0.5) is 0 Å². The number of ether oxygens (including phenoxy) is 4. The van der Waals surface area contributed by atoms with E-state index < -0.39 is 85.9 Å². The number of carbonyl (C=O) groups excluding carboxylic acids is 2. The van der Waals surface area contributed by atoms with Crippen molar-refractivity contribution in [2.24, 2.45) is 0 Å². The first-order valence-corrected chi connectivity index (χ1v) is 8.37. The highest BCUT2D eigenvalue weighted by molar-refractivity contribution is 5.85. The van der Waals surface area contributed by atoms with Gasteiger partial charge in [0.05, 0.1) is 13.2 Å². The number of aliphatic hydroxyl groups excluding tert-OH is 8. The Kier molecular flexibility index (Phi) is 7.34. The highest BCUT2D eigenvalue weighted by atomic mass is 16.9. The molecule has 2 fully saturated rings. The van der Waals surface area contributed by atoms with Gasteiger partial charge in [0.1, 0.15) is 24.4 Å². The Bertz CT molecular complexity index is 589. The lowest BCUT2D eigenvalue weighted by atomic mass is 10.1. The van der Waals surface area contributed by atoms with E-state index >= 15 is 0 Å². The molecule has 0 aromatic heterocycles. The topological polar surface area (TPSA) is 273 Å². The molecule has 2 saturated heterocycles. The molecule has 0 aromatic carbocycles. The summed E-state index contributed by atoms with van der Waals surface area (Å²) in [5.74, 6) is -10.5. The maximum Gasteiger partial charge on any atom is 0.357 e. The summed E-state index contributed by atoms with van der Waals surface area (Å²) in [4.78, 5) is 23.8. The maximum atomic E-state index is 11.9. The van der Waals surface area contributed by atoms with E-state index in [2.05, 4.69) is 18.9 Å². The second-order valence-electron chi connectivity index (χ2n) is 6.54. The summed E-state index contributed by atoms with van der Waals surface area (Å²) in [5, 5.41) is 95.6. The van der Waals surface area contributed by atoms with Crippen molar-refractivity contribution in [1.82, 2.24) is 0 Å². The van der Waals surface area contributed by atoms with E-state index in [1.54, 1.807) is 0 Å². The Morgan fingerprint density at radius 2 is 1.07 bits per heavy atom. The molecule has 0 spiro atoms. The van der Waals surface area contributed by atoms with Crippen molar-refractivity contribution < 1.29 is 79.6 Å². The molecular weight excluding hydrogens is 424 g/mol. The van der Waals surface area contributed by atoms with E-state index in [0.29, 0.717) is 0 Å². The van der Waals surface area contributed by atoms with Gasteiger partial charge in [-0.3, -0.25) is 0 Å². The quantitative estimate of drug-likeness (QED) is 0.128. The van der Waals surface area contributed by atoms with E-state index in [0.717, 1.165) is 0 Å². The first-order chi connectivity index (χ1) is 13.8. The average Bonchev–Trinajstić information content (AvgIpc) is 3.05. The second kappa shape index (κ2) is 8.91. The van der Waals surface area contributed by atoms with Crippen LogP contribution in [0.2, 0.25) is 0 Å². The Hall–Kier alpha value is -1.54. The molecule has 2 heterocycles. The minimum absolute atomic E-state index is 0.906. The third kappa shape index (κ3) is 4.40. The molecule has 0 bridgehead atoms. The van der Waals surface area contributed by atoms with E-state index in [9.17, 15) is 50.4 Å². The normalized spacial score (nSPS) is 43.3. The van der Waals surface area contributed by atoms with Crippen LogP contribution in [0.25, 0.3) is 0 Å². The van der Waals surface area contributed by atoms with Crippen LogP contribution < -0.4 is 0 Å². The fourth-order valence-electron chi connectivity index (χ4n) is 2.68. The van der Waals surface area contributed by atoms with Gasteiger partial charge in [0.2, 0.25) is 0 Å². The Labute approximate surface area is 166 Å². The van der Waals surface area contributed by atoms with Crippen molar-refractivity contribution in [2.45, 2.75) is 60.8 Å². The van der Waals surface area contributed by atoms with E-state index in [1.807, 2.05) is 0 Å². The highest BCUT2D eigenvalue weighted by Crippen LogP contribution is 2.32. The fraction of sp³-hybridized carbons (Fsp3) is 0.857. The molecule has 10 atom stereocenters. The maximum absolute atomic E-state index is 11.9. The molecule has 16 nitrogen and oxygen atoms in total. The summed E-state index contributed by atoms with van der Waals surface area (Å²) in [5.41, 5.74) is 0. The summed E-state index contributed by atoms with van der Waals surface area (Å²) < 4.78 is 17.6. The summed E-state index contributed by atoms with van der Waals surface area (Å²) in [6, 6.07) is 0. The third-order valence-corrected chi connectivity index (χ3v) is 4.43. The zero-order chi connectivity index (χ0) is 23.0. The summed E-state index contributed by atoms with van der Waals surface area (Å²) in [6.07, 6.45) is -17.2. The number of carbonyl (C=O) groups is 2. The smallest absolute Gasteiger partial charge is 0.357 e. The summed E-state index contributed by atoms with van der Waals surface area (Å²) >= 11 is 0. The molecule has 0 aliphatic carbocycles. The number of hydrogen-bond acceptors (Lipinski definition) is 16. The lowest BCUT2D eigenvalue weighted by Gasteiger charge is -2.28. The first-order valence-electron chi connectivity index (χ1n) is 8.37. The van der Waals surface area contributed by atoms with Crippen LogP contribution in [0.5, 0.6) is 0 Å². The Morgan fingerprint density at radius 3 is 1.30 bits per heavy atom. The molecule has 0 saturated carbocycles. The van der Waals surface area contributed by atoms with Crippen LogP contribution in [-0.2, 0) is 28.5 Å². The van der Waals surface area contributed by atoms with Gasteiger partial charge in [-0.2, -0.15) is 0 Å². The van der Waals surface area contributed by atoms with Crippen molar-refractivity contribution >= 4 is 11.9 Å². The number of hydrogen-bond donors (Lipinski definition) is 10. The predicted molar refractivity (Wildman–Crippen MR) is 82.0 cm³/mol. The third-order valence-electron chi connectivity index (χ3n) is 4.43. The summed E-state index contributed by atoms with van der Waals surface area (Å²) in [6.45, 7) is -1.81. The van der Waals surface area contributed by atoms with E-state index in [-0.39, 0.29) is 0 Å². The van der Waals surface area contributed by atoms with E-state index in [4.69, 9.17) is 10.2 Å². The second-order valence-corrected chi connectivity index (χ2v) is 6.54. The van der Waals surface area contributed by atoms with Gasteiger partial charge in [-0.1, -0.05) is 0 Å². The van der Waals surface area contributed by atoms with Crippen molar-refractivity contribution in [2.75, 3.05) is 13.2 Å². The number of esters is 2. The van der Waals surface area contributed by atoms with Crippen molar-refractivity contribution in [3.63, 3.8) is 0 Å². The molecule has 16 heteroatoms. The highest BCUT2D eigenvalue weighted by Gasteiger charge is 2.59. The zero-order valence-electron chi connectivity index (χ0n) is 15.0. The lowest BCUT2D eigenvalue weighted by molar-refractivity contribution is -0.365. The standard InChI is InChI=1S/C14H22O16/c15-1-3-5(17)9(21)13(25,27-3)29-11(23)7(19)8(20)12(24)30-14(26)10(22)6(18)4(2-16)28-14/h3-10,15-22,25-26H,1-2H2/t3-,4-,5-,6-,7?,8?,9-,10-,13?,14?/m1/s1. The molecule has 2 aliphatic heterocycles. The Morgan fingerprint density at radius 1 is 0.767 bits per heavy atom. The van der Waals surface area contributed by atoms with Crippen molar-refractivity contribution in [1.29, 1.82) is 0 Å². The monoisotopic (exact) mass is 446 g/mol. The molecular formula is C14H22O16. The molecule has 10 N–H and O–H groups in total. The van der Waals surface area contributed by atoms with Crippen LogP contribution in [0.3, 0.4) is 0 Å². The van der Waals surface area contributed by atoms with Crippen LogP contribution >= 0.6 is 0 Å². The Balaban J connectivity index is 2.02. The minimum atomic E-state index is -3.25. The molecule has 0 aromatic rings. The van der Waals surface area contributed by atoms with Crippen LogP contribution in [0, 0.1) is 0 Å².